The Kier molecular flexibility index (Phi) is 4.35. The summed E-state index contributed by atoms with van der Waals surface area (Å²) in [6, 6.07) is 12.9. The van der Waals surface area contributed by atoms with Crippen molar-refractivity contribution >= 4 is 46.2 Å². The first-order valence-corrected chi connectivity index (χ1v) is 7.56. The summed E-state index contributed by atoms with van der Waals surface area (Å²) in [6.45, 7) is 0. The zero-order chi connectivity index (χ0) is 17.1. The number of pyridine rings is 1. The van der Waals surface area contributed by atoms with Crippen LogP contribution in [-0.4, -0.2) is 16.0 Å². The summed E-state index contributed by atoms with van der Waals surface area (Å²) in [5.41, 5.74) is 14.0. The average Bonchev–Trinajstić information content (AvgIpc) is 2.60. The van der Waals surface area contributed by atoms with Crippen LogP contribution in [0.25, 0.3) is 22.9 Å². The monoisotopic (exact) mass is 338 g/mol. The molecule has 0 saturated heterocycles. The van der Waals surface area contributed by atoms with E-state index in [1.54, 1.807) is 18.3 Å². The van der Waals surface area contributed by atoms with Gasteiger partial charge in [0.25, 0.3) is 0 Å². The van der Waals surface area contributed by atoms with Gasteiger partial charge in [0.1, 0.15) is 5.82 Å². The number of nitrogen functional groups attached to an aromatic ring is 1. The number of hydrogen-bond donors (Lipinski definition) is 3. The molecule has 0 unspecified atom stereocenters. The predicted molar refractivity (Wildman–Crippen MR) is 99.0 cm³/mol. The molecular formula is C18H15ClN4O. The molecule has 1 heterocycles. The number of oxime groups is 1. The third-order valence-corrected chi connectivity index (χ3v) is 3.92. The molecule has 0 aliphatic rings. The third kappa shape index (κ3) is 3.16. The molecule has 3 rings (SSSR count). The van der Waals surface area contributed by atoms with E-state index < -0.39 is 0 Å². The normalized spacial score (nSPS) is 12.1. The van der Waals surface area contributed by atoms with E-state index in [1.807, 2.05) is 42.5 Å². The van der Waals surface area contributed by atoms with Crippen LogP contribution in [0, 0.1) is 0 Å². The van der Waals surface area contributed by atoms with Gasteiger partial charge in [-0.05, 0) is 23.1 Å². The van der Waals surface area contributed by atoms with Gasteiger partial charge in [-0.15, -0.1) is 0 Å². The number of rotatable bonds is 3. The molecule has 0 fully saturated rings. The van der Waals surface area contributed by atoms with Gasteiger partial charge in [0.2, 0.25) is 0 Å². The van der Waals surface area contributed by atoms with Gasteiger partial charge in [0.05, 0.1) is 0 Å². The molecule has 0 aliphatic carbocycles. The number of benzene rings is 2. The summed E-state index contributed by atoms with van der Waals surface area (Å²) in [5.74, 6) is 0.511. The van der Waals surface area contributed by atoms with Crippen LogP contribution in [0.1, 0.15) is 16.7 Å². The Hall–Kier alpha value is -3.05. The minimum atomic E-state index is 0.0719. The number of halogens is 1. The lowest BCUT2D eigenvalue weighted by atomic mass is 10.0. The molecule has 0 atom stereocenters. The van der Waals surface area contributed by atoms with Crippen LogP contribution in [0.3, 0.4) is 0 Å². The van der Waals surface area contributed by atoms with Crippen molar-refractivity contribution in [2.75, 3.05) is 5.73 Å². The van der Waals surface area contributed by atoms with Gasteiger partial charge in [-0.2, -0.15) is 0 Å². The second kappa shape index (κ2) is 6.60. The smallest absolute Gasteiger partial charge is 0.170 e. The molecule has 6 heteroatoms. The van der Waals surface area contributed by atoms with E-state index >= 15 is 0 Å². The molecule has 0 aliphatic heterocycles. The molecule has 2 aromatic carbocycles. The maximum absolute atomic E-state index is 8.68. The van der Waals surface area contributed by atoms with E-state index in [2.05, 4.69) is 10.1 Å². The zero-order valence-electron chi connectivity index (χ0n) is 12.6. The molecule has 5 N–H and O–H groups in total. The number of amidine groups is 1. The maximum atomic E-state index is 8.68. The summed E-state index contributed by atoms with van der Waals surface area (Å²) >= 11 is 6.09. The number of hydrogen-bond acceptors (Lipinski definition) is 4. The highest BCUT2D eigenvalue weighted by Gasteiger charge is 2.05. The van der Waals surface area contributed by atoms with Crippen molar-refractivity contribution in [3.63, 3.8) is 0 Å². The Morgan fingerprint density at radius 2 is 1.88 bits per heavy atom. The Morgan fingerprint density at radius 1 is 1.12 bits per heavy atom. The third-order valence-electron chi connectivity index (χ3n) is 3.68. The largest absolute Gasteiger partial charge is 0.409 e. The fourth-order valence-electron chi connectivity index (χ4n) is 2.40. The minimum Gasteiger partial charge on any atom is -0.409 e. The fraction of sp³-hybridized carbons (Fsp3) is 0. The summed E-state index contributed by atoms with van der Waals surface area (Å²) in [5, 5.41) is 14.2. The van der Waals surface area contributed by atoms with Gasteiger partial charge in [0, 0.05) is 27.7 Å². The van der Waals surface area contributed by atoms with Gasteiger partial charge in [-0.3, -0.25) is 0 Å². The van der Waals surface area contributed by atoms with Crippen LogP contribution in [-0.2, 0) is 0 Å². The quantitative estimate of drug-likeness (QED) is 0.293. The number of anilines is 1. The van der Waals surface area contributed by atoms with Crippen molar-refractivity contribution in [2.45, 2.75) is 0 Å². The molecule has 5 nitrogen and oxygen atoms in total. The van der Waals surface area contributed by atoms with E-state index in [-0.39, 0.29) is 5.84 Å². The van der Waals surface area contributed by atoms with Crippen molar-refractivity contribution in [3.05, 3.63) is 70.4 Å². The van der Waals surface area contributed by atoms with Crippen LogP contribution < -0.4 is 11.5 Å². The Balaban J connectivity index is 1.98. The molecule has 0 amide bonds. The summed E-state index contributed by atoms with van der Waals surface area (Å²) < 4.78 is 0. The van der Waals surface area contributed by atoms with Crippen LogP contribution in [0.15, 0.2) is 53.8 Å². The van der Waals surface area contributed by atoms with Crippen molar-refractivity contribution in [1.29, 1.82) is 0 Å². The molecule has 120 valence electrons. The lowest BCUT2D eigenvalue weighted by Gasteiger charge is -2.06. The Morgan fingerprint density at radius 3 is 2.58 bits per heavy atom. The molecule has 0 bridgehead atoms. The van der Waals surface area contributed by atoms with Crippen LogP contribution in [0.2, 0.25) is 5.02 Å². The topological polar surface area (TPSA) is 97.5 Å². The first-order chi connectivity index (χ1) is 11.6. The number of aromatic nitrogens is 1. The van der Waals surface area contributed by atoms with Crippen molar-refractivity contribution in [2.24, 2.45) is 10.9 Å². The molecule has 0 spiro atoms. The van der Waals surface area contributed by atoms with Gasteiger partial charge < -0.3 is 16.7 Å². The molecule has 0 saturated carbocycles. The highest BCUT2D eigenvalue weighted by Crippen LogP contribution is 2.27. The van der Waals surface area contributed by atoms with Crippen molar-refractivity contribution in [1.82, 2.24) is 4.98 Å². The van der Waals surface area contributed by atoms with E-state index in [0.29, 0.717) is 16.4 Å². The zero-order valence-corrected chi connectivity index (χ0v) is 13.4. The van der Waals surface area contributed by atoms with E-state index in [4.69, 9.17) is 28.3 Å². The Bertz CT molecular complexity index is 944. The van der Waals surface area contributed by atoms with Crippen LogP contribution in [0.5, 0.6) is 0 Å². The number of nitrogens with two attached hydrogens (primary N) is 2. The predicted octanol–water partition coefficient (Wildman–Crippen LogP) is 3.74. The number of nitrogens with zero attached hydrogens (tertiary/aromatic N) is 2. The first-order valence-electron chi connectivity index (χ1n) is 7.18. The first kappa shape index (κ1) is 15.8. The molecule has 0 radical (unpaired) electrons. The van der Waals surface area contributed by atoms with Gasteiger partial charge >= 0.3 is 0 Å². The van der Waals surface area contributed by atoms with Gasteiger partial charge in [-0.1, -0.05) is 59.2 Å². The van der Waals surface area contributed by atoms with E-state index in [1.165, 1.54) is 0 Å². The highest BCUT2D eigenvalue weighted by molar-refractivity contribution is 6.31. The van der Waals surface area contributed by atoms with Gasteiger partial charge in [-0.25, -0.2) is 4.98 Å². The molecule has 1 aromatic heterocycles. The fourth-order valence-corrected chi connectivity index (χ4v) is 2.57. The van der Waals surface area contributed by atoms with Gasteiger partial charge in [0.15, 0.2) is 5.84 Å². The second-order valence-electron chi connectivity index (χ2n) is 5.23. The lowest BCUT2D eigenvalue weighted by Crippen LogP contribution is -2.12. The summed E-state index contributed by atoms with van der Waals surface area (Å²) in [4.78, 5) is 4.22. The average molecular weight is 339 g/mol. The molecule has 24 heavy (non-hydrogen) atoms. The van der Waals surface area contributed by atoms with Crippen LogP contribution >= 0.6 is 11.6 Å². The van der Waals surface area contributed by atoms with Crippen LogP contribution in [0.4, 0.5) is 5.82 Å². The summed E-state index contributed by atoms with van der Waals surface area (Å²) in [7, 11) is 0. The Labute approximate surface area is 143 Å². The van der Waals surface area contributed by atoms with E-state index in [0.717, 1.165) is 21.9 Å². The number of fused-ring (bicyclic) bond motifs is 1. The maximum Gasteiger partial charge on any atom is 0.170 e. The van der Waals surface area contributed by atoms with E-state index in [9.17, 15) is 0 Å². The second-order valence-corrected chi connectivity index (χ2v) is 5.67. The molecular weight excluding hydrogens is 324 g/mol. The standard InChI is InChI=1S/C18H15ClN4O/c19-14-7-6-13-10-22-18(21)15(16(13)9-14)8-3-11-1-4-12(5-2-11)17(20)23-24/h1-10,24H,(H2,20,23)(H2,21,22). The van der Waals surface area contributed by atoms with Crippen molar-refractivity contribution < 1.29 is 5.21 Å². The summed E-state index contributed by atoms with van der Waals surface area (Å²) in [6.07, 6.45) is 5.55. The SMILES string of the molecule is NC(=NO)c1ccc(C=Cc2c(N)ncc3ccc(Cl)cc23)cc1. The minimum absolute atomic E-state index is 0.0719. The highest BCUT2D eigenvalue weighted by atomic mass is 35.5. The molecule has 3 aromatic rings. The van der Waals surface area contributed by atoms with Crippen molar-refractivity contribution in [3.8, 4) is 0 Å². The lowest BCUT2D eigenvalue weighted by molar-refractivity contribution is 0.318.